The molecule has 28 heavy (non-hydrogen) atoms. The molecule has 0 amide bonds. The molecule has 0 saturated carbocycles. The van der Waals surface area contributed by atoms with E-state index in [1.54, 1.807) is 0 Å². The van der Waals surface area contributed by atoms with Crippen molar-refractivity contribution in [2.45, 2.75) is 19.5 Å². The van der Waals surface area contributed by atoms with Gasteiger partial charge in [0.2, 0.25) is 0 Å². The second kappa shape index (κ2) is 10.1. The van der Waals surface area contributed by atoms with E-state index in [0.29, 0.717) is 13.0 Å². The van der Waals surface area contributed by atoms with E-state index in [1.807, 2.05) is 12.1 Å². The van der Waals surface area contributed by atoms with Crippen LogP contribution in [0, 0.1) is 0 Å². The third kappa shape index (κ3) is 5.85. The SMILES string of the molecule is C=CC(=O)OCCc1ccc(N(Cc2ccccc2)Cc2ccccc2)cc1. The van der Waals surface area contributed by atoms with Gasteiger partial charge in [-0.2, -0.15) is 0 Å². The maximum atomic E-state index is 11.1. The Labute approximate surface area is 166 Å². The van der Waals surface area contributed by atoms with E-state index in [0.717, 1.165) is 18.7 Å². The molecule has 0 fully saturated rings. The molecule has 0 spiro atoms. The van der Waals surface area contributed by atoms with Gasteiger partial charge in [-0.3, -0.25) is 0 Å². The molecule has 0 aromatic heterocycles. The summed E-state index contributed by atoms with van der Waals surface area (Å²) in [6, 6.07) is 29.5. The topological polar surface area (TPSA) is 29.5 Å². The summed E-state index contributed by atoms with van der Waals surface area (Å²) in [7, 11) is 0. The normalized spacial score (nSPS) is 10.3. The number of rotatable bonds is 9. The summed E-state index contributed by atoms with van der Waals surface area (Å²) >= 11 is 0. The summed E-state index contributed by atoms with van der Waals surface area (Å²) in [5.41, 5.74) is 4.86. The number of carbonyl (C=O) groups is 1. The molecule has 0 aliphatic heterocycles. The zero-order valence-corrected chi connectivity index (χ0v) is 16.0. The van der Waals surface area contributed by atoms with E-state index in [-0.39, 0.29) is 5.97 Å². The Balaban J connectivity index is 1.71. The van der Waals surface area contributed by atoms with Crippen molar-refractivity contribution in [3.63, 3.8) is 0 Å². The van der Waals surface area contributed by atoms with Crippen LogP contribution < -0.4 is 4.90 Å². The Kier molecular flexibility index (Phi) is 7.02. The third-order valence-corrected chi connectivity index (χ3v) is 4.54. The molecule has 3 heteroatoms. The fourth-order valence-electron chi connectivity index (χ4n) is 3.05. The smallest absolute Gasteiger partial charge is 0.330 e. The van der Waals surface area contributed by atoms with Crippen LogP contribution in [0.2, 0.25) is 0 Å². The standard InChI is InChI=1S/C25H25NO2/c1-2-25(27)28-18-17-21-13-15-24(16-14-21)26(19-22-9-5-3-6-10-22)20-23-11-7-4-8-12-23/h2-16H,1,17-20H2. The molecular weight excluding hydrogens is 346 g/mol. The highest BCUT2D eigenvalue weighted by Crippen LogP contribution is 2.21. The van der Waals surface area contributed by atoms with Crippen molar-refractivity contribution in [2.24, 2.45) is 0 Å². The molecule has 0 radical (unpaired) electrons. The lowest BCUT2D eigenvalue weighted by Crippen LogP contribution is -2.22. The van der Waals surface area contributed by atoms with Crippen molar-refractivity contribution in [1.82, 2.24) is 0 Å². The quantitative estimate of drug-likeness (QED) is 0.384. The Hall–Kier alpha value is -3.33. The summed E-state index contributed by atoms with van der Waals surface area (Å²) in [5, 5.41) is 0. The van der Waals surface area contributed by atoms with Crippen LogP contribution in [0.1, 0.15) is 16.7 Å². The molecule has 0 atom stereocenters. The molecular formula is C25H25NO2. The molecule has 0 N–H and O–H groups in total. The van der Waals surface area contributed by atoms with Gasteiger partial charge in [-0.05, 0) is 28.8 Å². The number of anilines is 1. The number of nitrogens with zero attached hydrogens (tertiary/aromatic N) is 1. The lowest BCUT2D eigenvalue weighted by molar-refractivity contribution is -0.137. The van der Waals surface area contributed by atoms with Crippen LogP contribution in [0.3, 0.4) is 0 Å². The highest BCUT2D eigenvalue weighted by molar-refractivity contribution is 5.81. The van der Waals surface area contributed by atoms with Crippen LogP contribution in [-0.2, 0) is 29.0 Å². The van der Waals surface area contributed by atoms with Gasteiger partial charge < -0.3 is 9.64 Å². The first kappa shape index (κ1) is 19.4. The highest BCUT2D eigenvalue weighted by Gasteiger charge is 2.09. The van der Waals surface area contributed by atoms with Gasteiger partial charge in [-0.1, -0.05) is 79.4 Å². The van der Waals surface area contributed by atoms with Gasteiger partial charge in [-0.15, -0.1) is 0 Å². The maximum absolute atomic E-state index is 11.1. The van der Waals surface area contributed by atoms with Gasteiger partial charge in [0.05, 0.1) is 6.61 Å². The largest absolute Gasteiger partial charge is 0.462 e. The first-order chi connectivity index (χ1) is 13.7. The van der Waals surface area contributed by atoms with Crippen molar-refractivity contribution in [3.05, 3.63) is 114 Å². The van der Waals surface area contributed by atoms with Gasteiger partial charge >= 0.3 is 5.97 Å². The number of hydrogen-bond acceptors (Lipinski definition) is 3. The van der Waals surface area contributed by atoms with E-state index in [1.165, 1.54) is 22.9 Å². The number of ether oxygens (including phenoxy) is 1. The molecule has 0 heterocycles. The molecule has 0 aliphatic carbocycles. The summed E-state index contributed by atoms with van der Waals surface area (Å²) in [6.45, 7) is 5.45. The van der Waals surface area contributed by atoms with Gasteiger partial charge in [0.1, 0.15) is 0 Å². The first-order valence-corrected chi connectivity index (χ1v) is 9.45. The Morgan fingerprint density at radius 1 is 0.786 bits per heavy atom. The van der Waals surface area contributed by atoms with Crippen LogP contribution in [0.15, 0.2) is 97.6 Å². The van der Waals surface area contributed by atoms with Gasteiger partial charge in [0, 0.05) is 31.3 Å². The first-order valence-electron chi connectivity index (χ1n) is 9.45. The zero-order valence-electron chi connectivity index (χ0n) is 16.0. The minimum absolute atomic E-state index is 0.363. The molecule has 0 bridgehead atoms. The predicted octanol–water partition coefficient (Wildman–Crippen LogP) is 5.17. The zero-order chi connectivity index (χ0) is 19.6. The van der Waals surface area contributed by atoms with Crippen LogP contribution >= 0.6 is 0 Å². The van der Waals surface area contributed by atoms with Crippen LogP contribution in [0.25, 0.3) is 0 Å². The lowest BCUT2D eigenvalue weighted by atomic mass is 10.1. The number of carbonyl (C=O) groups excluding carboxylic acids is 1. The monoisotopic (exact) mass is 371 g/mol. The molecule has 3 rings (SSSR count). The molecule has 0 saturated heterocycles. The van der Waals surface area contributed by atoms with Crippen molar-refractivity contribution in [1.29, 1.82) is 0 Å². The average Bonchev–Trinajstić information content (AvgIpc) is 2.75. The van der Waals surface area contributed by atoms with Crippen molar-refractivity contribution >= 4 is 11.7 Å². The van der Waals surface area contributed by atoms with Crippen LogP contribution in [0.4, 0.5) is 5.69 Å². The molecule has 0 unspecified atom stereocenters. The lowest BCUT2D eigenvalue weighted by Gasteiger charge is -2.25. The summed E-state index contributed by atoms with van der Waals surface area (Å²) in [6.07, 6.45) is 1.88. The van der Waals surface area contributed by atoms with Crippen LogP contribution in [0.5, 0.6) is 0 Å². The Bertz CT molecular complexity index is 832. The molecule has 3 nitrogen and oxygen atoms in total. The van der Waals surface area contributed by atoms with E-state index in [4.69, 9.17) is 4.74 Å². The Morgan fingerprint density at radius 3 is 1.82 bits per heavy atom. The number of benzene rings is 3. The van der Waals surface area contributed by atoms with Gasteiger partial charge in [0.25, 0.3) is 0 Å². The minimum Gasteiger partial charge on any atom is -0.462 e. The predicted molar refractivity (Wildman–Crippen MR) is 114 cm³/mol. The average molecular weight is 371 g/mol. The van der Waals surface area contributed by atoms with Gasteiger partial charge in [-0.25, -0.2) is 4.79 Å². The fourth-order valence-corrected chi connectivity index (χ4v) is 3.05. The van der Waals surface area contributed by atoms with E-state index in [2.05, 4.69) is 84.3 Å². The van der Waals surface area contributed by atoms with Crippen molar-refractivity contribution in [3.8, 4) is 0 Å². The van der Waals surface area contributed by atoms with E-state index < -0.39 is 0 Å². The summed E-state index contributed by atoms with van der Waals surface area (Å²) < 4.78 is 5.06. The number of hydrogen-bond donors (Lipinski definition) is 0. The highest BCUT2D eigenvalue weighted by atomic mass is 16.5. The van der Waals surface area contributed by atoms with Crippen LogP contribution in [-0.4, -0.2) is 12.6 Å². The fraction of sp³-hybridized carbons (Fsp3) is 0.160. The van der Waals surface area contributed by atoms with E-state index in [9.17, 15) is 4.79 Å². The summed E-state index contributed by atoms with van der Waals surface area (Å²) in [5.74, 6) is -0.381. The molecule has 0 aliphatic rings. The molecule has 3 aromatic carbocycles. The second-order valence-corrected chi connectivity index (χ2v) is 6.62. The number of esters is 1. The van der Waals surface area contributed by atoms with Crippen molar-refractivity contribution in [2.75, 3.05) is 11.5 Å². The minimum atomic E-state index is -0.381. The third-order valence-electron chi connectivity index (χ3n) is 4.54. The van der Waals surface area contributed by atoms with Gasteiger partial charge in [0.15, 0.2) is 0 Å². The molecule has 3 aromatic rings. The maximum Gasteiger partial charge on any atom is 0.330 e. The Morgan fingerprint density at radius 2 is 1.32 bits per heavy atom. The van der Waals surface area contributed by atoms with Crippen molar-refractivity contribution < 1.29 is 9.53 Å². The second-order valence-electron chi connectivity index (χ2n) is 6.62. The summed E-state index contributed by atoms with van der Waals surface area (Å²) in [4.78, 5) is 13.5. The van der Waals surface area contributed by atoms with E-state index >= 15 is 0 Å². The molecule has 142 valence electrons.